The van der Waals surface area contributed by atoms with Crippen molar-refractivity contribution in [2.75, 3.05) is 6.61 Å². The molecule has 1 aliphatic heterocycles. The Balaban J connectivity index is 2.60. The Kier molecular flexibility index (Phi) is 5.27. The van der Waals surface area contributed by atoms with Crippen molar-refractivity contribution in [2.24, 2.45) is 16.6 Å². The highest BCUT2D eigenvalue weighted by Gasteiger charge is 2.33. The number of rotatable bonds is 4. The molecule has 1 rings (SSSR count). The summed E-state index contributed by atoms with van der Waals surface area (Å²) in [5.74, 6) is -0.749. The van der Waals surface area contributed by atoms with Crippen LogP contribution in [0.25, 0.3) is 0 Å². The maximum atomic E-state index is 13.6. The van der Waals surface area contributed by atoms with Gasteiger partial charge in [0.15, 0.2) is 0 Å². The van der Waals surface area contributed by atoms with Crippen LogP contribution in [0, 0.1) is 5.92 Å². The minimum absolute atomic E-state index is 0.0379. The van der Waals surface area contributed by atoms with E-state index in [-0.39, 0.29) is 18.5 Å². The van der Waals surface area contributed by atoms with Crippen molar-refractivity contribution in [3.8, 4) is 0 Å². The van der Waals surface area contributed by atoms with Crippen molar-refractivity contribution < 1.29 is 9.50 Å². The molecule has 4 nitrogen and oxygen atoms in total. The summed E-state index contributed by atoms with van der Waals surface area (Å²) >= 11 is 3.03. The molecule has 1 saturated heterocycles. The minimum atomic E-state index is -0.464. The Hall–Kier alpha value is -0.560. The molecule has 16 heavy (non-hydrogen) atoms. The molecule has 0 radical (unpaired) electrons. The highest BCUT2D eigenvalue weighted by atomic mass is 79.9. The van der Waals surface area contributed by atoms with E-state index in [2.05, 4.69) is 32.8 Å². The van der Waals surface area contributed by atoms with E-state index >= 15 is 0 Å². The lowest BCUT2D eigenvalue weighted by Crippen LogP contribution is -2.40. The van der Waals surface area contributed by atoms with Crippen molar-refractivity contribution >= 4 is 22.1 Å². The van der Waals surface area contributed by atoms with Gasteiger partial charge >= 0.3 is 0 Å². The SMILES string of the molecule is C=C(Br)N=C/C=C(\F)C1C[C@H](CO)NC1N. The first-order valence-electron chi connectivity index (χ1n) is 4.91. The van der Waals surface area contributed by atoms with E-state index in [4.69, 9.17) is 10.8 Å². The molecule has 2 unspecified atom stereocenters. The predicted octanol–water partition coefficient (Wildman–Crippen LogP) is 1.03. The molecule has 1 heterocycles. The highest BCUT2D eigenvalue weighted by Crippen LogP contribution is 2.25. The molecule has 1 fully saturated rings. The van der Waals surface area contributed by atoms with Crippen molar-refractivity contribution in [1.82, 2.24) is 5.32 Å². The fourth-order valence-electron chi connectivity index (χ4n) is 1.63. The number of nitrogens with one attached hydrogen (secondary N) is 1. The summed E-state index contributed by atoms with van der Waals surface area (Å²) < 4.78 is 14.1. The Morgan fingerprint density at radius 2 is 2.44 bits per heavy atom. The quantitative estimate of drug-likeness (QED) is 0.535. The van der Waals surface area contributed by atoms with Crippen LogP contribution in [0.2, 0.25) is 0 Å². The second-order valence-electron chi connectivity index (χ2n) is 3.62. The Bertz CT molecular complexity index is 319. The molecular weight excluding hydrogens is 277 g/mol. The van der Waals surface area contributed by atoms with Crippen LogP contribution in [0.1, 0.15) is 6.42 Å². The first kappa shape index (κ1) is 13.5. The molecule has 0 bridgehead atoms. The van der Waals surface area contributed by atoms with E-state index in [9.17, 15) is 4.39 Å². The van der Waals surface area contributed by atoms with Gasteiger partial charge in [-0.25, -0.2) is 9.38 Å². The number of aliphatic hydroxyl groups is 1. The minimum Gasteiger partial charge on any atom is -0.395 e. The van der Waals surface area contributed by atoms with Crippen LogP contribution in [0.5, 0.6) is 0 Å². The topological polar surface area (TPSA) is 70.6 Å². The van der Waals surface area contributed by atoms with Gasteiger partial charge in [-0.05, 0) is 28.4 Å². The lowest BCUT2D eigenvalue weighted by Gasteiger charge is -2.11. The molecule has 1 aliphatic rings. The summed E-state index contributed by atoms with van der Waals surface area (Å²) in [5.41, 5.74) is 5.70. The average Bonchev–Trinajstić information content (AvgIpc) is 2.59. The average molecular weight is 292 g/mol. The summed E-state index contributed by atoms with van der Waals surface area (Å²) in [6.07, 6.45) is 2.61. The summed E-state index contributed by atoms with van der Waals surface area (Å²) in [6, 6.07) is -0.137. The Morgan fingerprint density at radius 1 is 1.75 bits per heavy atom. The van der Waals surface area contributed by atoms with Crippen LogP contribution in [0.3, 0.4) is 0 Å². The zero-order chi connectivity index (χ0) is 12.1. The molecule has 0 aromatic heterocycles. The number of nitrogens with zero attached hydrogens (tertiary/aromatic N) is 1. The summed E-state index contributed by atoms with van der Waals surface area (Å²) in [6.45, 7) is 3.45. The van der Waals surface area contributed by atoms with E-state index in [1.54, 1.807) is 0 Å². The van der Waals surface area contributed by atoms with E-state index in [1.807, 2.05) is 0 Å². The zero-order valence-corrected chi connectivity index (χ0v) is 10.3. The van der Waals surface area contributed by atoms with Crippen LogP contribution < -0.4 is 11.1 Å². The van der Waals surface area contributed by atoms with E-state index in [0.29, 0.717) is 11.0 Å². The third kappa shape index (κ3) is 3.79. The van der Waals surface area contributed by atoms with Gasteiger partial charge in [0.25, 0.3) is 0 Å². The van der Waals surface area contributed by atoms with Gasteiger partial charge in [-0.15, -0.1) is 0 Å². The lowest BCUT2D eigenvalue weighted by atomic mass is 10.0. The number of allylic oxidation sites excluding steroid dienone is 1. The maximum Gasteiger partial charge on any atom is 0.107 e. The van der Waals surface area contributed by atoms with Gasteiger partial charge in [0, 0.05) is 18.2 Å². The molecule has 4 N–H and O–H groups in total. The van der Waals surface area contributed by atoms with E-state index in [1.165, 1.54) is 12.3 Å². The molecular formula is C10H15BrFN3O. The van der Waals surface area contributed by atoms with Crippen LogP contribution in [0.4, 0.5) is 4.39 Å². The molecule has 0 spiro atoms. The molecule has 90 valence electrons. The fraction of sp³-hybridized carbons (Fsp3) is 0.500. The molecule has 0 aliphatic carbocycles. The van der Waals surface area contributed by atoms with Crippen LogP contribution in [-0.4, -0.2) is 30.1 Å². The van der Waals surface area contributed by atoms with Crippen molar-refractivity contribution in [2.45, 2.75) is 18.6 Å². The molecule has 0 aromatic rings. The molecule has 3 atom stereocenters. The number of hydrogen-bond donors (Lipinski definition) is 3. The van der Waals surface area contributed by atoms with Gasteiger partial charge in [0.1, 0.15) is 5.83 Å². The molecule has 0 aromatic carbocycles. The third-order valence-corrected chi connectivity index (χ3v) is 2.63. The van der Waals surface area contributed by atoms with E-state index < -0.39 is 12.1 Å². The number of nitrogens with two attached hydrogens (primary N) is 1. The molecule has 6 heteroatoms. The standard InChI is InChI=1S/C10H15BrFN3O/c1-6(11)14-3-2-9(12)8-4-7(5-16)15-10(8)13/h2-3,7-8,10,15-16H,1,4-5,13H2/b9-2-,14-3?/t7-,8?,10?/m1/s1. The van der Waals surface area contributed by atoms with Gasteiger partial charge in [0.05, 0.1) is 17.4 Å². The van der Waals surface area contributed by atoms with Crippen molar-refractivity contribution in [3.63, 3.8) is 0 Å². The summed E-state index contributed by atoms with van der Waals surface area (Å²) in [4.78, 5) is 3.77. The monoisotopic (exact) mass is 291 g/mol. The molecule has 0 saturated carbocycles. The number of halogens is 2. The first-order chi connectivity index (χ1) is 7.54. The molecule has 0 amide bonds. The summed E-state index contributed by atoms with van der Waals surface area (Å²) in [7, 11) is 0. The van der Waals surface area contributed by atoms with Gasteiger partial charge < -0.3 is 10.8 Å². The van der Waals surface area contributed by atoms with Crippen LogP contribution in [-0.2, 0) is 0 Å². The van der Waals surface area contributed by atoms with Gasteiger partial charge in [-0.3, -0.25) is 5.32 Å². The second kappa shape index (κ2) is 6.24. The third-order valence-electron chi connectivity index (χ3n) is 2.42. The second-order valence-corrected chi connectivity index (χ2v) is 4.54. The zero-order valence-electron chi connectivity index (χ0n) is 8.74. The Labute approximate surface area is 102 Å². The lowest BCUT2D eigenvalue weighted by molar-refractivity contribution is 0.251. The summed E-state index contributed by atoms with van der Waals surface area (Å²) in [5, 5.41) is 11.8. The van der Waals surface area contributed by atoms with Gasteiger partial charge in [0.2, 0.25) is 0 Å². The predicted molar refractivity (Wildman–Crippen MR) is 65.8 cm³/mol. The van der Waals surface area contributed by atoms with Crippen LogP contribution in [0.15, 0.2) is 28.1 Å². The Morgan fingerprint density at radius 3 is 2.94 bits per heavy atom. The van der Waals surface area contributed by atoms with E-state index in [0.717, 1.165) is 0 Å². The number of aliphatic hydroxyl groups excluding tert-OH is 1. The fourth-order valence-corrected chi connectivity index (χ4v) is 1.75. The van der Waals surface area contributed by atoms with Gasteiger partial charge in [-0.2, -0.15) is 0 Å². The number of hydrogen-bond acceptors (Lipinski definition) is 4. The van der Waals surface area contributed by atoms with Gasteiger partial charge in [-0.1, -0.05) is 6.58 Å². The smallest absolute Gasteiger partial charge is 0.107 e. The number of aliphatic imine (C=N–C) groups is 1. The van der Waals surface area contributed by atoms with Crippen molar-refractivity contribution in [3.05, 3.63) is 23.1 Å². The normalized spacial score (nSPS) is 31.2. The first-order valence-corrected chi connectivity index (χ1v) is 5.70. The van der Waals surface area contributed by atoms with Crippen LogP contribution >= 0.6 is 15.9 Å². The largest absolute Gasteiger partial charge is 0.395 e. The maximum absolute atomic E-state index is 13.6. The van der Waals surface area contributed by atoms with Crippen molar-refractivity contribution in [1.29, 1.82) is 0 Å². The highest BCUT2D eigenvalue weighted by molar-refractivity contribution is 9.11.